The van der Waals surface area contributed by atoms with E-state index in [2.05, 4.69) is 9.98 Å². The van der Waals surface area contributed by atoms with E-state index in [1.807, 2.05) is 0 Å². The number of benzene rings is 1. The Hall–Kier alpha value is -1.80. The SMILES string of the molecule is O=C(O)[C@H]1CSC(c2nc3ccc(O[C@@H]4O[C@@H](CO)[C@H](O)[C@@H](O)[C@H]4O)cc3s2)=N1. The molecule has 3 heterocycles. The van der Waals surface area contributed by atoms with Crippen molar-refractivity contribution in [1.82, 2.24) is 4.98 Å². The van der Waals surface area contributed by atoms with Gasteiger partial charge >= 0.3 is 5.97 Å². The van der Waals surface area contributed by atoms with Crippen LogP contribution in [0.25, 0.3) is 10.2 Å². The van der Waals surface area contributed by atoms with Gasteiger partial charge in [-0.05, 0) is 18.2 Å². The number of rotatable bonds is 5. The van der Waals surface area contributed by atoms with Crippen molar-refractivity contribution in [3.05, 3.63) is 23.2 Å². The van der Waals surface area contributed by atoms with Gasteiger partial charge in [0.2, 0.25) is 6.29 Å². The zero-order valence-corrected chi connectivity index (χ0v) is 16.4. The molecule has 4 rings (SSSR count). The number of thiazole rings is 1. The van der Waals surface area contributed by atoms with Crippen LogP contribution in [0.2, 0.25) is 0 Å². The van der Waals surface area contributed by atoms with Crippen molar-refractivity contribution in [3.63, 3.8) is 0 Å². The molecule has 0 radical (unpaired) electrons. The largest absolute Gasteiger partial charge is 0.480 e. The van der Waals surface area contributed by atoms with E-state index in [-0.39, 0.29) is 0 Å². The van der Waals surface area contributed by atoms with Crippen molar-refractivity contribution in [1.29, 1.82) is 0 Å². The zero-order valence-electron chi connectivity index (χ0n) is 14.8. The molecule has 1 fully saturated rings. The molecule has 12 heteroatoms. The van der Waals surface area contributed by atoms with E-state index in [9.17, 15) is 25.2 Å². The molecule has 2 aliphatic heterocycles. The normalized spacial score (nSPS) is 32.3. The van der Waals surface area contributed by atoms with Gasteiger partial charge in [-0.2, -0.15) is 0 Å². The molecular weight excluding hydrogens is 424 g/mol. The maximum absolute atomic E-state index is 11.1. The lowest BCUT2D eigenvalue weighted by atomic mass is 9.99. The summed E-state index contributed by atoms with van der Waals surface area (Å²) < 4.78 is 11.7. The fourth-order valence-electron chi connectivity index (χ4n) is 2.99. The van der Waals surface area contributed by atoms with Crippen LogP contribution in [0, 0.1) is 0 Å². The summed E-state index contributed by atoms with van der Waals surface area (Å²) >= 11 is 2.66. The van der Waals surface area contributed by atoms with Crippen LogP contribution in [0.4, 0.5) is 0 Å². The van der Waals surface area contributed by atoms with Crippen LogP contribution in [0.5, 0.6) is 5.75 Å². The number of aliphatic carboxylic acids is 1. The number of thioether (sulfide) groups is 1. The Balaban J connectivity index is 1.54. The number of carbonyl (C=O) groups is 1. The van der Waals surface area contributed by atoms with Crippen molar-refractivity contribution in [2.75, 3.05) is 12.4 Å². The lowest BCUT2D eigenvalue weighted by molar-refractivity contribution is -0.277. The third kappa shape index (κ3) is 3.97. The summed E-state index contributed by atoms with van der Waals surface area (Å²) in [6.07, 6.45) is -6.82. The topological polar surface area (TPSA) is 162 Å². The second kappa shape index (κ2) is 8.14. The Morgan fingerprint density at radius 3 is 2.72 bits per heavy atom. The summed E-state index contributed by atoms with van der Waals surface area (Å²) in [5, 5.41) is 49.3. The van der Waals surface area contributed by atoms with E-state index in [4.69, 9.17) is 14.6 Å². The Morgan fingerprint density at radius 1 is 1.24 bits per heavy atom. The molecule has 0 spiro atoms. The first-order valence-corrected chi connectivity index (χ1v) is 10.5. The van der Waals surface area contributed by atoms with Gasteiger partial charge in [0.25, 0.3) is 0 Å². The van der Waals surface area contributed by atoms with Gasteiger partial charge in [-0.25, -0.2) is 9.78 Å². The van der Waals surface area contributed by atoms with Crippen LogP contribution in [-0.2, 0) is 9.53 Å². The fraction of sp³-hybridized carbons (Fsp3) is 0.471. The van der Waals surface area contributed by atoms with Crippen molar-refractivity contribution in [2.45, 2.75) is 36.7 Å². The second-order valence-electron chi connectivity index (χ2n) is 6.56. The van der Waals surface area contributed by atoms with Gasteiger partial charge in [-0.1, -0.05) is 0 Å². The van der Waals surface area contributed by atoms with E-state index in [1.54, 1.807) is 18.2 Å². The number of nitrogens with zero attached hydrogens (tertiary/aromatic N) is 2. The van der Waals surface area contributed by atoms with Gasteiger partial charge in [0.1, 0.15) is 40.2 Å². The Morgan fingerprint density at radius 2 is 2.03 bits per heavy atom. The standard InChI is InChI=1S/C17H18N2O8S2/c20-4-9-11(21)12(22)13(23)17(27-9)26-6-1-2-7-10(3-6)29-15(18-7)14-19-8(5-28-14)16(24)25/h1-3,8-9,11-13,17,20-23H,4-5H2,(H,24,25)/t8-,9+,11+,12-,13-,17-/m1/s1. The van der Waals surface area contributed by atoms with Crippen LogP contribution in [-0.4, -0.2) is 90.6 Å². The van der Waals surface area contributed by atoms with Crippen LogP contribution >= 0.6 is 23.1 Å². The highest BCUT2D eigenvalue weighted by Crippen LogP contribution is 2.32. The molecule has 10 nitrogen and oxygen atoms in total. The molecule has 0 saturated carbocycles. The number of aromatic nitrogens is 1. The highest BCUT2D eigenvalue weighted by molar-refractivity contribution is 8.15. The number of hydrogen-bond donors (Lipinski definition) is 5. The number of aliphatic imine (C=N–C) groups is 1. The van der Waals surface area contributed by atoms with Gasteiger partial charge in [0, 0.05) is 5.75 Å². The van der Waals surface area contributed by atoms with Gasteiger partial charge < -0.3 is 35.0 Å². The molecular formula is C17H18N2O8S2. The molecule has 0 bridgehead atoms. The van der Waals surface area contributed by atoms with E-state index in [0.717, 1.165) is 4.70 Å². The Bertz CT molecular complexity index is 949. The molecule has 1 aromatic heterocycles. The number of hydrogen-bond acceptors (Lipinski definition) is 11. The lowest BCUT2D eigenvalue weighted by Crippen LogP contribution is -2.60. The van der Waals surface area contributed by atoms with Crippen LogP contribution in [0.3, 0.4) is 0 Å². The number of carboxylic acids is 1. The molecule has 0 aliphatic carbocycles. The molecule has 0 amide bonds. The van der Waals surface area contributed by atoms with E-state index in [1.165, 1.54) is 23.1 Å². The first kappa shape index (κ1) is 20.5. The first-order chi connectivity index (χ1) is 13.9. The average molecular weight is 442 g/mol. The van der Waals surface area contributed by atoms with E-state index < -0.39 is 49.3 Å². The van der Waals surface area contributed by atoms with Gasteiger partial charge in [0.15, 0.2) is 6.04 Å². The highest BCUT2D eigenvalue weighted by Gasteiger charge is 2.44. The maximum Gasteiger partial charge on any atom is 0.329 e. The summed E-state index contributed by atoms with van der Waals surface area (Å²) in [6.45, 7) is -0.542. The van der Waals surface area contributed by atoms with Crippen molar-refractivity contribution < 1.29 is 39.8 Å². The van der Waals surface area contributed by atoms with Crippen molar-refractivity contribution >= 4 is 44.3 Å². The average Bonchev–Trinajstić information content (AvgIpc) is 3.35. The summed E-state index contributed by atoms with van der Waals surface area (Å²) in [5.41, 5.74) is 0.674. The highest BCUT2D eigenvalue weighted by atomic mass is 32.2. The minimum absolute atomic E-state index is 0.335. The predicted molar refractivity (Wildman–Crippen MR) is 104 cm³/mol. The lowest BCUT2D eigenvalue weighted by Gasteiger charge is -2.39. The zero-order chi connectivity index (χ0) is 20.7. The molecule has 2 aliphatic rings. The molecule has 5 N–H and O–H groups in total. The number of fused-ring (bicyclic) bond motifs is 1. The number of aliphatic hydroxyl groups is 4. The Kier molecular flexibility index (Phi) is 5.75. The van der Waals surface area contributed by atoms with Gasteiger partial charge in [0.05, 0.1) is 16.8 Å². The van der Waals surface area contributed by atoms with Crippen molar-refractivity contribution in [2.24, 2.45) is 4.99 Å². The Labute approximate surface area is 172 Å². The molecule has 6 atom stereocenters. The second-order valence-corrected chi connectivity index (χ2v) is 8.60. The van der Waals surface area contributed by atoms with Gasteiger partial charge in [-0.15, -0.1) is 23.1 Å². The molecule has 156 valence electrons. The van der Waals surface area contributed by atoms with E-state index in [0.29, 0.717) is 27.1 Å². The monoisotopic (exact) mass is 442 g/mol. The maximum atomic E-state index is 11.1. The molecule has 29 heavy (non-hydrogen) atoms. The van der Waals surface area contributed by atoms with Crippen LogP contribution < -0.4 is 4.74 Å². The summed E-state index contributed by atoms with van der Waals surface area (Å²) in [5.74, 6) is -0.267. The van der Waals surface area contributed by atoms with Crippen molar-refractivity contribution in [3.8, 4) is 5.75 Å². The number of aliphatic hydroxyl groups excluding tert-OH is 4. The van der Waals surface area contributed by atoms with Crippen LogP contribution in [0.15, 0.2) is 23.2 Å². The smallest absolute Gasteiger partial charge is 0.329 e. The molecule has 1 aromatic carbocycles. The minimum Gasteiger partial charge on any atom is -0.480 e. The van der Waals surface area contributed by atoms with E-state index >= 15 is 0 Å². The third-order valence-corrected chi connectivity index (χ3v) is 6.79. The molecule has 2 aromatic rings. The predicted octanol–water partition coefficient (Wildman–Crippen LogP) is -0.578. The first-order valence-electron chi connectivity index (χ1n) is 8.69. The molecule has 0 unspecified atom stereocenters. The third-order valence-electron chi connectivity index (χ3n) is 4.58. The number of ether oxygens (including phenoxy) is 2. The van der Waals surface area contributed by atoms with Crippen LogP contribution in [0.1, 0.15) is 5.01 Å². The minimum atomic E-state index is -1.52. The molecule has 1 saturated heterocycles. The summed E-state index contributed by atoms with van der Waals surface area (Å²) in [7, 11) is 0. The summed E-state index contributed by atoms with van der Waals surface area (Å²) in [4.78, 5) is 19.7. The fourth-order valence-corrected chi connectivity index (χ4v) is 5.08. The van der Waals surface area contributed by atoms with Gasteiger partial charge in [-0.3, -0.25) is 4.99 Å². The number of carboxylic acid groups (broad SMARTS) is 1. The summed E-state index contributed by atoms with van der Waals surface area (Å²) in [6, 6.07) is 4.21. The quantitative estimate of drug-likeness (QED) is 0.405.